The van der Waals surface area contributed by atoms with E-state index in [0.717, 1.165) is 43.6 Å². The van der Waals surface area contributed by atoms with Crippen molar-refractivity contribution in [2.24, 2.45) is 0 Å². The average molecular weight is 347 g/mol. The van der Waals surface area contributed by atoms with E-state index in [2.05, 4.69) is 10.2 Å². The number of nitrogens with zero attached hydrogens (tertiary/aromatic N) is 2. The number of likely N-dealkylation sites (N-methyl/N-ethyl adjacent to an activating group) is 1. The highest BCUT2D eigenvalue weighted by Crippen LogP contribution is 2.28. The van der Waals surface area contributed by atoms with E-state index >= 15 is 0 Å². The molecule has 25 heavy (non-hydrogen) atoms. The molecule has 2 fully saturated rings. The SMILES string of the molecule is CN(C)C(=O)COc1ccccc1CNC[C@@H]1CN(C2CC2)CCO1. The standard InChI is InChI=1S/C19H29N3O3/c1-21(2)19(23)14-25-18-6-4-3-5-15(18)11-20-12-17-13-22(9-10-24-17)16-7-8-16/h3-6,16-17,20H,7-14H2,1-2H3/t17-/m1/s1. The number of ether oxygens (including phenoxy) is 2. The van der Waals surface area contributed by atoms with Crippen molar-refractivity contribution in [3.63, 3.8) is 0 Å². The van der Waals surface area contributed by atoms with E-state index in [0.29, 0.717) is 6.54 Å². The molecule has 0 spiro atoms. The molecule has 6 heteroatoms. The number of nitrogens with one attached hydrogen (secondary N) is 1. The van der Waals surface area contributed by atoms with Crippen LogP contribution in [0.1, 0.15) is 18.4 Å². The molecule has 1 saturated carbocycles. The van der Waals surface area contributed by atoms with Gasteiger partial charge in [-0.25, -0.2) is 0 Å². The monoisotopic (exact) mass is 347 g/mol. The lowest BCUT2D eigenvalue weighted by molar-refractivity contribution is -0.130. The first-order valence-corrected chi connectivity index (χ1v) is 9.10. The van der Waals surface area contributed by atoms with E-state index < -0.39 is 0 Å². The zero-order valence-corrected chi connectivity index (χ0v) is 15.2. The van der Waals surface area contributed by atoms with Gasteiger partial charge in [-0.05, 0) is 18.9 Å². The van der Waals surface area contributed by atoms with Crippen molar-refractivity contribution < 1.29 is 14.3 Å². The summed E-state index contributed by atoms with van der Waals surface area (Å²) < 4.78 is 11.6. The van der Waals surface area contributed by atoms with Crippen LogP contribution < -0.4 is 10.1 Å². The predicted molar refractivity (Wildman–Crippen MR) is 96.7 cm³/mol. The molecule has 138 valence electrons. The molecule has 1 aromatic rings. The summed E-state index contributed by atoms with van der Waals surface area (Å²) in [6, 6.07) is 8.65. The van der Waals surface area contributed by atoms with Crippen LogP contribution in [0.4, 0.5) is 0 Å². The minimum absolute atomic E-state index is 0.0430. The Morgan fingerprint density at radius 3 is 2.92 bits per heavy atom. The van der Waals surface area contributed by atoms with Crippen LogP contribution in [0.15, 0.2) is 24.3 Å². The number of carbonyl (C=O) groups excluding carboxylic acids is 1. The van der Waals surface area contributed by atoms with Gasteiger partial charge in [0.15, 0.2) is 6.61 Å². The van der Waals surface area contributed by atoms with Gasteiger partial charge in [-0.1, -0.05) is 18.2 Å². The summed E-state index contributed by atoms with van der Waals surface area (Å²) in [7, 11) is 3.46. The van der Waals surface area contributed by atoms with E-state index in [4.69, 9.17) is 9.47 Å². The molecule has 1 saturated heterocycles. The molecule has 1 aliphatic carbocycles. The fourth-order valence-corrected chi connectivity index (χ4v) is 3.06. The normalized spacial score (nSPS) is 21.1. The zero-order valence-electron chi connectivity index (χ0n) is 15.2. The highest BCUT2D eigenvalue weighted by atomic mass is 16.5. The van der Waals surface area contributed by atoms with Crippen LogP contribution >= 0.6 is 0 Å². The number of amides is 1. The van der Waals surface area contributed by atoms with Gasteiger partial charge in [0.25, 0.3) is 5.91 Å². The van der Waals surface area contributed by atoms with Gasteiger partial charge in [-0.3, -0.25) is 9.69 Å². The molecule has 1 aromatic carbocycles. The molecule has 1 N–H and O–H groups in total. The molecule has 1 aliphatic heterocycles. The van der Waals surface area contributed by atoms with Gasteiger partial charge in [0, 0.05) is 51.9 Å². The second kappa shape index (κ2) is 8.65. The first-order valence-electron chi connectivity index (χ1n) is 9.10. The van der Waals surface area contributed by atoms with Crippen LogP contribution in [0.2, 0.25) is 0 Å². The van der Waals surface area contributed by atoms with E-state index in [1.165, 1.54) is 17.7 Å². The van der Waals surface area contributed by atoms with E-state index in [9.17, 15) is 4.79 Å². The second-order valence-electron chi connectivity index (χ2n) is 7.03. The molecule has 6 nitrogen and oxygen atoms in total. The molecule has 0 unspecified atom stereocenters. The third kappa shape index (κ3) is 5.42. The smallest absolute Gasteiger partial charge is 0.259 e. The van der Waals surface area contributed by atoms with E-state index in [1.807, 2.05) is 24.3 Å². The van der Waals surface area contributed by atoms with Gasteiger partial charge in [-0.2, -0.15) is 0 Å². The molecule has 1 atom stereocenters. The van der Waals surface area contributed by atoms with Gasteiger partial charge < -0.3 is 19.7 Å². The summed E-state index contributed by atoms with van der Waals surface area (Å²) >= 11 is 0. The predicted octanol–water partition coefficient (Wildman–Crippen LogP) is 1.11. The maximum absolute atomic E-state index is 11.7. The van der Waals surface area contributed by atoms with Gasteiger partial charge in [-0.15, -0.1) is 0 Å². The molecule has 1 heterocycles. The number of carbonyl (C=O) groups is 1. The Labute approximate surface area is 150 Å². The highest BCUT2D eigenvalue weighted by Gasteiger charge is 2.32. The minimum Gasteiger partial charge on any atom is -0.483 e. The summed E-state index contributed by atoms with van der Waals surface area (Å²) in [5, 5.41) is 3.48. The van der Waals surface area contributed by atoms with Crippen molar-refractivity contribution >= 4 is 5.91 Å². The van der Waals surface area contributed by atoms with Crippen molar-refractivity contribution in [3.05, 3.63) is 29.8 Å². The topological polar surface area (TPSA) is 54.0 Å². The molecule has 0 aromatic heterocycles. The van der Waals surface area contributed by atoms with Crippen LogP contribution in [0.25, 0.3) is 0 Å². The number of para-hydroxylation sites is 1. The first-order chi connectivity index (χ1) is 12.1. The van der Waals surface area contributed by atoms with Crippen molar-refractivity contribution in [2.45, 2.75) is 31.5 Å². The van der Waals surface area contributed by atoms with Crippen molar-refractivity contribution in [3.8, 4) is 5.75 Å². The van der Waals surface area contributed by atoms with Crippen molar-refractivity contribution in [1.29, 1.82) is 0 Å². The molecular formula is C19H29N3O3. The first kappa shape index (κ1) is 18.2. The van der Waals surface area contributed by atoms with Crippen LogP contribution in [0.5, 0.6) is 5.75 Å². The van der Waals surface area contributed by atoms with Crippen molar-refractivity contribution in [2.75, 3.05) is 46.9 Å². The number of rotatable bonds is 8. The summed E-state index contributed by atoms with van der Waals surface area (Å²) in [5.41, 5.74) is 1.06. The third-order valence-corrected chi connectivity index (χ3v) is 4.74. The lowest BCUT2D eigenvalue weighted by Gasteiger charge is -2.33. The van der Waals surface area contributed by atoms with Gasteiger partial charge >= 0.3 is 0 Å². The number of morpholine rings is 1. The van der Waals surface area contributed by atoms with E-state index in [-0.39, 0.29) is 18.6 Å². The number of hydrogen-bond donors (Lipinski definition) is 1. The third-order valence-electron chi connectivity index (χ3n) is 4.74. The van der Waals surface area contributed by atoms with E-state index in [1.54, 1.807) is 14.1 Å². The Balaban J connectivity index is 1.45. The molecular weight excluding hydrogens is 318 g/mol. The van der Waals surface area contributed by atoms with Crippen LogP contribution in [0.3, 0.4) is 0 Å². The minimum atomic E-state index is -0.0430. The quantitative estimate of drug-likeness (QED) is 0.763. The number of hydrogen-bond acceptors (Lipinski definition) is 5. The lowest BCUT2D eigenvalue weighted by atomic mass is 10.2. The average Bonchev–Trinajstić information content (AvgIpc) is 3.46. The Hall–Kier alpha value is -1.63. The van der Waals surface area contributed by atoms with Gasteiger partial charge in [0.1, 0.15) is 5.75 Å². The Bertz CT molecular complexity index is 575. The summed E-state index contributed by atoms with van der Waals surface area (Å²) in [6.07, 6.45) is 2.94. The fraction of sp³-hybridized carbons (Fsp3) is 0.632. The van der Waals surface area contributed by atoms with Crippen LogP contribution in [-0.4, -0.2) is 74.8 Å². The zero-order chi connectivity index (χ0) is 17.6. The number of benzene rings is 1. The summed E-state index contributed by atoms with van der Waals surface area (Å²) in [6.45, 7) is 4.51. The van der Waals surface area contributed by atoms with Gasteiger partial charge in [0.2, 0.25) is 0 Å². The van der Waals surface area contributed by atoms with Crippen molar-refractivity contribution in [1.82, 2.24) is 15.1 Å². The van der Waals surface area contributed by atoms with Crippen LogP contribution in [0, 0.1) is 0 Å². The lowest BCUT2D eigenvalue weighted by Crippen LogP contribution is -2.47. The molecule has 2 aliphatic rings. The Morgan fingerprint density at radius 1 is 1.36 bits per heavy atom. The highest BCUT2D eigenvalue weighted by molar-refractivity contribution is 5.77. The molecule has 3 rings (SSSR count). The molecule has 0 radical (unpaired) electrons. The Morgan fingerprint density at radius 2 is 2.16 bits per heavy atom. The Kier molecular flexibility index (Phi) is 6.29. The van der Waals surface area contributed by atoms with Crippen LogP contribution in [-0.2, 0) is 16.1 Å². The molecule has 1 amide bonds. The van der Waals surface area contributed by atoms with Gasteiger partial charge in [0.05, 0.1) is 12.7 Å². The largest absolute Gasteiger partial charge is 0.483 e. The second-order valence-corrected chi connectivity index (χ2v) is 7.03. The summed E-state index contributed by atoms with van der Waals surface area (Å²) in [4.78, 5) is 15.8. The maximum atomic E-state index is 11.7. The molecule has 0 bridgehead atoms. The summed E-state index contributed by atoms with van der Waals surface area (Å²) in [5.74, 6) is 0.716. The fourth-order valence-electron chi connectivity index (χ4n) is 3.06. The maximum Gasteiger partial charge on any atom is 0.259 e.